The molecule has 1 unspecified atom stereocenters. The molecule has 0 amide bonds. The fraction of sp³-hybridized carbons (Fsp3) is 0.667. The van der Waals surface area contributed by atoms with Gasteiger partial charge in [-0.25, -0.2) is 0 Å². The summed E-state index contributed by atoms with van der Waals surface area (Å²) in [5.41, 5.74) is 2.36. The highest BCUT2D eigenvalue weighted by molar-refractivity contribution is 5.77. The SMILES string of the molecule is CCN(CC)CCCCOC(=O)C(C)c1ccc(CC(C)C)cc1. The Morgan fingerprint density at radius 1 is 1.04 bits per heavy atom. The minimum atomic E-state index is -0.194. The van der Waals surface area contributed by atoms with Crippen LogP contribution in [0.15, 0.2) is 24.3 Å². The van der Waals surface area contributed by atoms with E-state index in [-0.39, 0.29) is 11.9 Å². The van der Waals surface area contributed by atoms with Gasteiger partial charge in [0.1, 0.15) is 0 Å². The molecule has 1 aromatic rings. The van der Waals surface area contributed by atoms with E-state index in [2.05, 4.69) is 56.9 Å². The fourth-order valence-corrected chi connectivity index (χ4v) is 2.82. The van der Waals surface area contributed by atoms with E-state index < -0.39 is 0 Å². The molecule has 3 nitrogen and oxygen atoms in total. The van der Waals surface area contributed by atoms with Crippen LogP contribution >= 0.6 is 0 Å². The molecule has 1 aromatic carbocycles. The van der Waals surface area contributed by atoms with Gasteiger partial charge in [-0.05, 0) is 62.9 Å². The van der Waals surface area contributed by atoms with Gasteiger partial charge >= 0.3 is 5.97 Å². The molecule has 0 radical (unpaired) electrons. The Balaban J connectivity index is 2.34. The van der Waals surface area contributed by atoms with Crippen molar-refractivity contribution in [1.82, 2.24) is 4.90 Å². The second-order valence-electron chi connectivity index (χ2n) is 6.96. The first-order valence-electron chi connectivity index (χ1n) is 9.45. The van der Waals surface area contributed by atoms with Crippen LogP contribution in [-0.2, 0) is 16.0 Å². The summed E-state index contributed by atoms with van der Waals surface area (Å²) in [4.78, 5) is 14.6. The first-order chi connectivity index (χ1) is 11.5. The standard InChI is InChI=1S/C21H35NO2/c1-6-22(7-2)14-8-9-15-24-21(23)18(5)20-12-10-19(11-13-20)16-17(3)4/h10-13,17-18H,6-9,14-16H2,1-5H3. The normalized spacial score (nSPS) is 12.6. The average Bonchev–Trinajstić information content (AvgIpc) is 2.57. The van der Waals surface area contributed by atoms with Crippen molar-refractivity contribution in [2.24, 2.45) is 5.92 Å². The number of carbonyl (C=O) groups excluding carboxylic acids is 1. The second kappa shape index (κ2) is 11.2. The summed E-state index contributed by atoms with van der Waals surface area (Å²) in [6.07, 6.45) is 3.08. The van der Waals surface area contributed by atoms with Crippen molar-refractivity contribution in [3.05, 3.63) is 35.4 Å². The van der Waals surface area contributed by atoms with Crippen molar-refractivity contribution < 1.29 is 9.53 Å². The zero-order valence-electron chi connectivity index (χ0n) is 16.2. The first-order valence-corrected chi connectivity index (χ1v) is 9.45. The van der Waals surface area contributed by atoms with Crippen LogP contribution in [0, 0.1) is 5.92 Å². The molecule has 0 saturated heterocycles. The van der Waals surface area contributed by atoms with Crippen LogP contribution in [-0.4, -0.2) is 37.1 Å². The third-order valence-corrected chi connectivity index (χ3v) is 4.48. The van der Waals surface area contributed by atoms with Gasteiger partial charge in [-0.2, -0.15) is 0 Å². The molecular formula is C21H35NO2. The number of benzene rings is 1. The third-order valence-electron chi connectivity index (χ3n) is 4.48. The summed E-state index contributed by atoms with van der Waals surface area (Å²) >= 11 is 0. The summed E-state index contributed by atoms with van der Waals surface area (Å²) in [5.74, 6) is 0.338. The predicted molar refractivity (Wildman–Crippen MR) is 101 cm³/mol. The Morgan fingerprint density at radius 3 is 2.21 bits per heavy atom. The molecule has 1 rings (SSSR count). The lowest BCUT2D eigenvalue weighted by atomic mass is 9.97. The minimum Gasteiger partial charge on any atom is -0.465 e. The minimum absolute atomic E-state index is 0.116. The zero-order chi connectivity index (χ0) is 17.9. The molecule has 0 aliphatic heterocycles. The fourth-order valence-electron chi connectivity index (χ4n) is 2.82. The van der Waals surface area contributed by atoms with Crippen LogP contribution in [0.4, 0.5) is 0 Å². The quantitative estimate of drug-likeness (QED) is 0.436. The molecule has 0 aliphatic rings. The van der Waals surface area contributed by atoms with E-state index in [9.17, 15) is 4.79 Å². The van der Waals surface area contributed by atoms with Crippen molar-refractivity contribution in [1.29, 1.82) is 0 Å². The lowest BCUT2D eigenvalue weighted by molar-refractivity contribution is -0.145. The van der Waals surface area contributed by atoms with Gasteiger partial charge in [0.25, 0.3) is 0 Å². The van der Waals surface area contributed by atoms with Crippen LogP contribution in [0.3, 0.4) is 0 Å². The van der Waals surface area contributed by atoms with Gasteiger partial charge in [-0.3, -0.25) is 4.79 Å². The molecule has 0 aromatic heterocycles. The van der Waals surface area contributed by atoms with Crippen LogP contribution in [0.25, 0.3) is 0 Å². The van der Waals surface area contributed by atoms with Gasteiger partial charge in [-0.15, -0.1) is 0 Å². The number of hydrogen-bond donors (Lipinski definition) is 0. The molecule has 1 atom stereocenters. The highest BCUT2D eigenvalue weighted by Crippen LogP contribution is 2.19. The largest absolute Gasteiger partial charge is 0.465 e. The molecule has 0 N–H and O–H groups in total. The van der Waals surface area contributed by atoms with Gasteiger partial charge in [-0.1, -0.05) is 52.0 Å². The van der Waals surface area contributed by atoms with Crippen LogP contribution in [0.5, 0.6) is 0 Å². The van der Waals surface area contributed by atoms with E-state index in [1.165, 1.54) is 5.56 Å². The molecule has 0 bridgehead atoms. The highest BCUT2D eigenvalue weighted by atomic mass is 16.5. The number of hydrogen-bond acceptors (Lipinski definition) is 3. The smallest absolute Gasteiger partial charge is 0.313 e. The Hall–Kier alpha value is -1.35. The van der Waals surface area contributed by atoms with Gasteiger partial charge in [0.15, 0.2) is 0 Å². The van der Waals surface area contributed by atoms with E-state index in [4.69, 9.17) is 4.74 Å². The summed E-state index contributed by atoms with van der Waals surface area (Å²) in [5, 5.41) is 0. The summed E-state index contributed by atoms with van der Waals surface area (Å²) < 4.78 is 5.44. The number of esters is 1. The average molecular weight is 334 g/mol. The Bertz CT molecular complexity index is 463. The first kappa shape index (κ1) is 20.7. The maximum Gasteiger partial charge on any atom is 0.313 e. The van der Waals surface area contributed by atoms with Crippen molar-refractivity contribution in [2.75, 3.05) is 26.2 Å². The van der Waals surface area contributed by atoms with Gasteiger partial charge < -0.3 is 9.64 Å². The van der Waals surface area contributed by atoms with E-state index in [0.717, 1.165) is 44.5 Å². The van der Waals surface area contributed by atoms with Crippen molar-refractivity contribution in [2.45, 2.75) is 59.8 Å². The number of ether oxygens (including phenoxy) is 1. The third kappa shape index (κ3) is 7.48. The topological polar surface area (TPSA) is 29.5 Å². The monoisotopic (exact) mass is 333 g/mol. The molecule has 24 heavy (non-hydrogen) atoms. The number of rotatable bonds is 11. The number of carbonyl (C=O) groups is 1. The van der Waals surface area contributed by atoms with Crippen LogP contribution < -0.4 is 0 Å². The highest BCUT2D eigenvalue weighted by Gasteiger charge is 2.16. The van der Waals surface area contributed by atoms with Gasteiger partial charge in [0.05, 0.1) is 12.5 Å². The maximum absolute atomic E-state index is 12.2. The maximum atomic E-state index is 12.2. The molecule has 0 aliphatic carbocycles. The number of nitrogens with zero attached hydrogens (tertiary/aromatic N) is 1. The number of unbranched alkanes of at least 4 members (excludes halogenated alkanes) is 1. The van der Waals surface area contributed by atoms with E-state index in [1.54, 1.807) is 0 Å². The van der Waals surface area contributed by atoms with Crippen molar-refractivity contribution in [3.63, 3.8) is 0 Å². The van der Waals surface area contributed by atoms with Crippen molar-refractivity contribution in [3.8, 4) is 0 Å². The molecule has 0 heterocycles. The van der Waals surface area contributed by atoms with E-state index in [0.29, 0.717) is 12.5 Å². The van der Waals surface area contributed by atoms with Gasteiger partial charge in [0, 0.05) is 0 Å². The van der Waals surface area contributed by atoms with Crippen LogP contribution in [0.1, 0.15) is 64.5 Å². The molecule has 136 valence electrons. The van der Waals surface area contributed by atoms with Crippen molar-refractivity contribution >= 4 is 5.97 Å². The summed E-state index contributed by atoms with van der Waals surface area (Å²) in [6.45, 7) is 14.5. The lowest BCUT2D eigenvalue weighted by Gasteiger charge is -2.17. The Morgan fingerprint density at radius 2 is 1.67 bits per heavy atom. The Labute approximate surface area is 148 Å². The van der Waals surface area contributed by atoms with E-state index >= 15 is 0 Å². The molecule has 0 spiro atoms. The predicted octanol–water partition coefficient (Wildman–Crippen LogP) is 4.65. The van der Waals surface area contributed by atoms with Gasteiger partial charge in [0.2, 0.25) is 0 Å². The molecule has 0 saturated carbocycles. The summed E-state index contributed by atoms with van der Waals surface area (Å²) in [6, 6.07) is 8.38. The molecule has 3 heteroatoms. The van der Waals surface area contributed by atoms with E-state index in [1.807, 2.05) is 6.92 Å². The Kier molecular flexibility index (Phi) is 9.70. The zero-order valence-corrected chi connectivity index (χ0v) is 16.2. The van der Waals surface area contributed by atoms with Crippen LogP contribution in [0.2, 0.25) is 0 Å². The summed E-state index contributed by atoms with van der Waals surface area (Å²) in [7, 11) is 0. The molecule has 0 fully saturated rings. The molecular weight excluding hydrogens is 298 g/mol. The lowest BCUT2D eigenvalue weighted by Crippen LogP contribution is -2.24. The second-order valence-corrected chi connectivity index (χ2v) is 6.96.